The maximum absolute atomic E-state index is 12.4. The second-order valence-corrected chi connectivity index (χ2v) is 5.01. The molecule has 108 valence electrons. The first kappa shape index (κ1) is 13.5. The lowest BCUT2D eigenvalue weighted by atomic mass is 10.1. The van der Waals surface area contributed by atoms with Crippen molar-refractivity contribution in [2.24, 2.45) is 0 Å². The van der Waals surface area contributed by atoms with Crippen molar-refractivity contribution in [2.75, 3.05) is 13.1 Å². The first-order chi connectivity index (χ1) is 10.3. The Bertz CT molecular complexity index is 610. The van der Waals surface area contributed by atoms with E-state index in [4.69, 9.17) is 4.74 Å². The topological polar surface area (TPSA) is 55.3 Å². The predicted molar refractivity (Wildman–Crippen MR) is 78.3 cm³/mol. The van der Waals surface area contributed by atoms with Crippen molar-refractivity contribution < 1.29 is 9.53 Å². The minimum atomic E-state index is 0.0640. The Kier molecular flexibility index (Phi) is 4.09. The average Bonchev–Trinajstić information content (AvgIpc) is 2.56. The fraction of sp³-hybridized carbons (Fsp3) is 0.312. The van der Waals surface area contributed by atoms with Crippen LogP contribution in [0.3, 0.4) is 0 Å². The molecule has 1 saturated heterocycles. The summed E-state index contributed by atoms with van der Waals surface area (Å²) < 4.78 is 5.56. The maximum Gasteiger partial charge on any atom is 0.321 e. The zero-order chi connectivity index (χ0) is 14.5. The van der Waals surface area contributed by atoms with Crippen molar-refractivity contribution in [2.45, 2.75) is 19.3 Å². The van der Waals surface area contributed by atoms with Gasteiger partial charge in [-0.15, -0.1) is 0 Å². The van der Waals surface area contributed by atoms with Gasteiger partial charge >= 0.3 is 6.01 Å². The third-order valence-corrected chi connectivity index (χ3v) is 3.48. The summed E-state index contributed by atoms with van der Waals surface area (Å²) in [7, 11) is 0. The van der Waals surface area contributed by atoms with E-state index in [-0.39, 0.29) is 11.9 Å². The number of carbonyl (C=O) groups excluding carboxylic acids is 1. The first-order valence-corrected chi connectivity index (χ1v) is 7.17. The highest BCUT2D eigenvalue weighted by Gasteiger charge is 2.18. The number of nitrogens with zero attached hydrogens (tertiary/aromatic N) is 3. The van der Waals surface area contributed by atoms with Crippen molar-refractivity contribution in [3.05, 3.63) is 48.3 Å². The molecule has 0 saturated carbocycles. The molecule has 1 fully saturated rings. The number of ether oxygens (including phenoxy) is 1. The molecular weight excluding hydrogens is 266 g/mol. The molecule has 1 aliphatic heterocycles. The van der Waals surface area contributed by atoms with Gasteiger partial charge in [0.1, 0.15) is 5.75 Å². The summed E-state index contributed by atoms with van der Waals surface area (Å²) in [4.78, 5) is 22.4. The minimum Gasteiger partial charge on any atom is -0.424 e. The van der Waals surface area contributed by atoms with Crippen LogP contribution in [0.25, 0.3) is 0 Å². The number of likely N-dealkylation sites (tertiary alicyclic amines) is 1. The van der Waals surface area contributed by atoms with Gasteiger partial charge in [-0.25, -0.2) is 9.97 Å². The van der Waals surface area contributed by atoms with Gasteiger partial charge in [0, 0.05) is 31.0 Å². The molecule has 0 aliphatic carbocycles. The Morgan fingerprint density at radius 3 is 2.57 bits per heavy atom. The van der Waals surface area contributed by atoms with E-state index >= 15 is 0 Å². The molecular formula is C16H17N3O2. The van der Waals surface area contributed by atoms with Crippen LogP contribution in [0.4, 0.5) is 0 Å². The molecule has 21 heavy (non-hydrogen) atoms. The number of aromatic nitrogens is 2. The Balaban J connectivity index is 1.75. The number of piperidine rings is 1. The van der Waals surface area contributed by atoms with E-state index in [1.54, 1.807) is 30.6 Å². The van der Waals surface area contributed by atoms with Crippen molar-refractivity contribution in [1.82, 2.24) is 14.9 Å². The van der Waals surface area contributed by atoms with E-state index in [9.17, 15) is 4.79 Å². The van der Waals surface area contributed by atoms with E-state index in [0.717, 1.165) is 25.9 Å². The van der Waals surface area contributed by atoms with Crippen LogP contribution < -0.4 is 4.74 Å². The summed E-state index contributed by atoms with van der Waals surface area (Å²) in [5, 5.41) is 0. The number of hydrogen-bond acceptors (Lipinski definition) is 4. The summed E-state index contributed by atoms with van der Waals surface area (Å²) in [5.41, 5.74) is 0.644. The van der Waals surface area contributed by atoms with Crippen molar-refractivity contribution in [3.63, 3.8) is 0 Å². The van der Waals surface area contributed by atoms with Gasteiger partial charge in [-0.2, -0.15) is 0 Å². The highest BCUT2D eigenvalue weighted by atomic mass is 16.5. The summed E-state index contributed by atoms with van der Waals surface area (Å²) in [6, 6.07) is 9.17. The molecule has 5 nitrogen and oxygen atoms in total. The lowest BCUT2D eigenvalue weighted by Gasteiger charge is -2.26. The van der Waals surface area contributed by atoms with Gasteiger partial charge in [0.25, 0.3) is 5.91 Å². The van der Waals surface area contributed by atoms with Gasteiger partial charge in [-0.3, -0.25) is 4.79 Å². The minimum absolute atomic E-state index is 0.0640. The molecule has 1 aromatic heterocycles. The molecule has 0 radical (unpaired) electrons. The molecule has 0 N–H and O–H groups in total. The van der Waals surface area contributed by atoms with Gasteiger partial charge in [0.05, 0.1) is 0 Å². The van der Waals surface area contributed by atoms with Gasteiger partial charge < -0.3 is 9.64 Å². The number of benzene rings is 1. The third-order valence-electron chi connectivity index (χ3n) is 3.48. The van der Waals surface area contributed by atoms with E-state index in [1.807, 2.05) is 17.0 Å². The molecule has 5 heteroatoms. The molecule has 1 aromatic carbocycles. The van der Waals surface area contributed by atoms with Gasteiger partial charge in [0.15, 0.2) is 0 Å². The van der Waals surface area contributed by atoms with Gasteiger partial charge in [-0.05, 0) is 43.5 Å². The lowest BCUT2D eigenvalue weighted by molar-refractivity contribution is 0.0724. The summed E-state index contributed by atoms with van der Waals surface area (Å²) in [6.07, 6.45) is 6.61. The molecule has 1 aliphatic rings. The van der Waals surface area contributed by atoms with E-state index in [1.165, 1.54) is 6.42 Å². The summed E-state index contributed by atoms with van der Waals surface area (Å²) in [5.74, 6) is 0.637. The van der Waals surface area contributed by atoms with Crippen LogP contribution in [0.1, 0.15) is 29.6 Å². The predicted octanol–water partition coefficient (Wildman–Crippen LogP) is 2.90. The normalized spacial score (nSPS) is 14.8. The number of rotatable bonds is 3. The Morgan fingerprint density at radius 1 is 1.05 bits per heavy atom. The van der Waals surface area contributed by atoms with Crippen LogP contribution in [-0.4, -0.2) is 33.9 Å². The maximum atomic E-state index is 12.4. The average molecular weight is 283 g/mol. The van der Waals surface area contributed by atoms with Crippen LogP contribution in [-0.2, 0) is 0 Å². The van der Waals surface area contributed by atoms with Crippen LogP contribution in [0.2, 0.25) is 0 Å². The standard InChI is InChI=1S/C16H17N3O2/c20-15(19-10-2-1-3-11-19)13-6-4-7-14(12-13)21-16-17-8-5-9-18-16/h4-9,12H,1-3,10-11H2. The Labute approximate surface area is 123 Å². The van der Waals surface area contributed by atoms with Crippen molar-refractivity contribution in [1.29, 1.82) is 0 Å². The molecule has 0 spiro atoms. The van der Waals surface area contributed by atoms with Gasteiger partial charge in [0.2, 0.25) is 0 Å². The van der Waals surface area contributed by atoms with Crippen LogP contribution in [0.5, 0.6) is 11.8 Å². The smallest absolute Gasteiger partial charge is 0.321 e. The molecule has 0 bridgehead atoms. The molecule has 1 amide bonds. The first-order valence-electron chi connectivity index (χ1n) is 7.17. The number of amides is 1. The largest absolute Gasteiger partial charge is 0.424 e. The highest BCUT2D eigenvalue weighted by molar-refractivity contribution is 5.94. The zero-order valence-corrected chi connectivity index (χ0v) is 11.7. The highest BCUT2D eigenvalue weighted by Crippen LogP contribution is 2.20. The monoisotopic (exact) mass is 283 g/mol. The van der Waals surface area contributed by atoms with E-state index < -0.39 is 0 Å². The lowest BCUT2D eigenvalue weighted by Crippen LogP contribution is -2.35. The summed E-state index contributed by atoms with van der Waals surface area (Å²) in [6.45, 7) is 1.68. The van der Waals surface area contributed by atoms with E-state index in [0.29, 0.717) is 11.3 Å². The quantitative estimate of drug-likeness (QED) is 0.869. The molecule has 2 aromatic rings. The van der Waals surface area contributed by atoms with Crippen LogP contribution >= 0.6 is 0 Å². The summed E-state index contributed by atoms with van der Waals surface area (Å²) >= 11 is 0. The SMILES string of the molecule is O=C(c1cccc(Oc2ncccn2)c1)N1CCCCC1. The molecule has 2 heterocycles. The molecule has 0 atom stereocenters. The van der Waals surface area contributed by atoms with Crippen molar-refractivity contribution in [3.8, 4) is 11.8 Å². The van der Waals surface area contributed by atoms with Crippen molar-refractivity contribution >= 4 is 5.91 Å². The third kappa shape index (κ3) is 3.37. The van der Waals surface area contributed by atoms with Crippen LogP contribution in [0.15, 0.2) is 42.7 Å². The second kappa shape index (κ2) is 6.35. The Morgan fingerprint density at radius 2 is 1.81 bits per heavy atom. The molecule has 3 rings (SSSR count). The van der Waals surface area contributed by atoms with Gasteiger partial charge in [-0.1, -0.05) is 6.07 Å². The number of hydrogen-bond donors (Lipinski definition) is 0. The van der Waals surface area contributed by atoms with E-state index in [2.05, 4.69) is 9.97 Å². The second-order valence-electron chi connectivity index (χ2n) is 5.01. The Hall–Kier alpha value is -2.43. The fourth-order valence-electron chi connectivity index (χ4n) is 2.42. The number of carbonyl (C=O) groups is 1. The fourth-order valence-corrected chi connectivity index (χ4v) is 2.42. The van der Waals surface area contributed by atoms with Crippen LogP contribution in [0, 0.1) is 0 Å². The molecule has 0 unspecified atom stereocenters. The zero-order valence-electron chi connectivity index (χ0n) is 11.7.